The predicted octanol–water partition coefficient (Wildman–Crippen LogP) is 2.04. The van der Waals surface area contributed by atoms with Gasteiger partial charge in [0.2, 0.25) is 4.80 Å². The number of aromatic nitrogens is 1. The standard InChI is InChI=1S/C16H15N3O4S2/c1-10-3-6-12(7-4-10)25(22,23)18-17-16-19(2)13-8-5-11(15(20)21)9-14(13)24-16/h3-9,18H,1-2H3,(H,20,21)/b17-16-. The molecule has 0 fully saturated rings. The van der Waals surface area contributed by atoms with Gasteiger partial charge in [-0.3, -0.25) is 0 Å². The number of hydrogen-bond acceptors (Lipinski definition) is 5. The highest BCUT2D eigenvalue weighted by Gasteiger charge is 2.13. The number of sulfonamides is 1. The van der Waals surface area contributed by atoms with E-state index in [4.69, 9.17) is 5.11 Å². The number of nitrogens with one attached hydrogen (secondary N) is 1. The Labute approximate surface area is 147 Å². The molecule has 7 nitrogen and oxygen atoms in total. The molecular weight excluding hydrogens is 362 g/mol. The minimum Gasteiger partial charge on any atom is -0.478 e. The van der Waals surface area contributed by atoms with Crippen LogP contribution in [0.4, 0.5) is 0 Å². The molecule has 25 heavy (non-hydrogen) atoms. The third kappa shape index (κ3) is 3.42. The van der Waals surface area contributed by atoms with Gasteiger partial charge in [0.1, 0.15) is 0 Å². The molecule has 0 atom stereocenters. The van der Waals surface area contributed by atoms with E-state index in [9.17, 15) is 13.2 Å². The summed E-state index contributed by atoms with van der Waals surface area (Å²) in [5.41, 5.74) is 1.89. The molecule has 0 radical (unpaired) electrons. The van der Waals surface area contributed by atoms with Crippen molar-refractivity contribution in [3.63, 3.8) is 0 Å². The molecule has 0 spiro atoms. The van der Waals surface area contributed by atoms with Gasteiger partial charge < -0.3 is 9.67 Å². The highest BCUT2D eigenvalue weighted by atomic mass is 32.2. The van der Waals surface area contributed by atoms with Crippen LogP contribution in [0.15, 0.2) is 52.5 Å². The van der Waals surface area contributed by atoms with Crippen molar-refractivity contribution in [2.24, 2.45) is 12.1 Å². The smallest absolute Gasteiger partial charge is 0.335 e. The first-order chi connectivity index (χ1) is 11.8. The molecule has 9 heteroatoms. The average Bonchev–Trinajstić information content (AvgIpc) is 2.89. The number of carboxylic acid groups (broad SMARTS) is 1. The first kappa shape index (κ1) is 17.2. The van der Waals surface area contributed by atoms with Crippen LogP contribution in [0.2, 0.25) is 0 Å². The van der Waals surface area contributed by atoms with Crippen molar-refractivity contribution in [3.05, 3.63) is 58.4 Å². The Bertz CT molecular complexity index is 1130. The quantitative estimate of drug-likeness (QED) is 0.680. The second kappa shape index (κ2) is 6.34. The monoisotopic (exact) mass is 377 g/mol. The van der Waals surface area contributed by atoms with E-state index in [1.54, 1.807) is 29.8 Å². The van der Waals surface area contributed by atoms with E-state index in [-0.39, 0.29) is 10.5 Å². The maximum atomic E-state index is 12.3. The lowest BCUT2D eigenvalue weighted by molar-refractivity contribution is 0.0697. The molecule has 0 aliphatic heterocycles. The van der Waals surface area contributed by atoms with Crippen molar-refractivity contribution in [2.75, 3.05) is 0 Å². The Morgan fingerprint density at radius 3 is 2.52 bits per heavy atom. The van der Waals surface area contributed by atoms with Gasteiger partial charge in [-0.2, -0.15) is 13.2 Å². The lowest BCUT2D eigenvalue weighted by Gasteiger charge is -2.03. The van der Waals surface area contributed by atoms with Gasteiger partial charge in [-0.25, -0.2) is 4.79 Å². The number of carbonyl (C=O) groups is 1. The SMILES string of the molecule is Cc1ccc(S(=O)(=O)N/N=c2\sc3cc(C(=O)O)ccc3n2C)cc1. The zero-order valence-electron chi connectivity index (χ0n) is 13.4. The zero-order chi connectivity index (χ0) is 18.2. The highest BCUT2D eigenvalue weighted by Crippen LogP contribution is 2.18. The molecule has 0 bridgehead atoms. The number of rotatable bonds is 4. The van der Waals surface area contributed by atoms with Gasteiger partial charge in [0.25, 0.3) is 10.0 Å². The number of aryl methyl sites for hydroxylation is 2. The van der Waals surface area contributed by atoms with Crippen LogP contribution < -0.4 is 9.63 Å². The van der Waals surface area contributed by atoms with Gasteiger partial charge in [0.05, 0.1) is 20.7 Å². The van der Waals surface area contributed by atoms with Crippen LogP contribution in [-0.4, -0.2) is 24.1 Å². The second-order valence-electron chi connectivity index (χ2n) is 5.45. The molecule has 0 unspecified atom stereocenters. The van der Waals surface area contributed by atoms with Crippen LogP contribution >= 0.6 is 11.3 Å². The number of carboxylic acids is 1. The van der Waals surface area contributed by atoms with Gasteiger partial charge in [-0.1, -0.05) is 29.0 Å². The molecule has 0 saturated carbocycles. The number of benzene rings is 2. The van der Waals surface area contributed by atoms with Crippen LogP contribution in [0.3, 0.4) is 0 Å². The van der Waals surface area contributed by atoms with Crippen LogP contribution in [0, 0.1) is 6.92 Å². The van der Waals surface area contributed by atoms with E-state index in [2.05, 4.69) is 9.93 Å². The van der Waals surface area contributed by atoms with Crippen molar-refractivity contribution in [3.8, 4) is 0 Å². The molecule has 3 aromatic rings. The topological polar surface area (TPSA) is 101 Å². The van der Waals surface area contributed by atoms with Crippen LogP contribution in [0.1, 0.15) is 15.9 Å². The molecule has 1 heterocycles. The summed E-state index contributed by atoms with van der Waals surface area (Å²) >= 11 is 1.20. The Kier molecular flexibility index (Phi) is 4.36. The lowest BCUT2D eigenvalue weighted by atomic mass is 10.2. The number of fused-ring (bicyclic) bond motifs is 1. The minimum atomic E-state index is -3.77. The number of thiazole rings is 1. The van der Waals surface area contributed by atoms with Gasteiger partial charge in [-0.15, -0.1) is 5.10 Å². The first-order valence-corrected chi connectivity index (χ1v) is 9.53. The predicted molar refractivity (Wildman–Crippen MR) is 94.8 cm³/mol. The van der Waals surface area contributed by atoms with Gasteiger partial charge in [0.15, 0.2) is 0 Å². The molecule has 2 aromatic carbocycles. The van der Waals surface area contributed by atoms with Crippen molar-refractivity contribution in [1.29, 1.82) is 0 Å². The molecule has 130 valence electrons. The van der Waals surface area contributed by atoms with Crippen LogP contribution in [0.5, 0.6) is 0 Å². The molecule has 3 rings (SSSR count). The summed E-state index contributed by atoms with van der Waals surface area (Å²) in [4.78, 5) is 13.8. The summed E-state index contributed by atoms with van der Waals surface area (Å²) in [7, 11) is -2.03. The number of nitrogens with zero attached hydrogens (tertiary/aromatic N) is 2. The van der Waals surface area contributed by atoms with Crippen LogP contribution in [-0.2, 0) is 17.1 Å². The average molecular weight is 377 g/mol. The van der Waals surface area contributed by atoms with Crippen molar-refractivity contribution in [1.82, 2.24) is 9.40 Å². The fraction of sp³-hybridized carbons (Fsp3) is 0.125. The molecule has 0 saturated heterocycles. The largest absolute Gasteiger partial charge is 0.478 e. The van der Waals surface area contributed by atoms with E-state index < -0.39 is 16.0 Å². The van der Waals surface area contributed by atoms with Crippen LogP contribution in [0.25, 0.3) is 10.2 Å². The third-order valence-corrected chi connectivity index (χ3v) is 5.97. The lowest BCUT2D eigenvalue weighted by Crippen LogP contribution is -2.23. The van der Waals surface area contributed by atoms with Gasteiger partial charge >= 0.3 is 5.97 Å². The van der Waals surface area contributed by atoms with E-state index in [1.165, 1.54) is 35.6 Å². The van der Waals surface area contributed by atoms with Crippen molar-refractivity contribution < 1.29 is 18.3 Å². The van der Waals surface area contributed by atoms with Gasteiger partial charge in [-0.05, 0) is 37.3 Å². The summed E-state index contributed by atoms with van der Waals surface area (Å²) in [5.74, 6) is -1.02. The molecule has 0 amide bonds. The fourth-order valence-electron chi connectivity index (χ4n) is 2.24. The molecule has 0 aliphatic rings. The molecule has 0 aliphatic carbocycles. The Morgan fingerprint density at radius 1 is 1.20 bits per heavy atom. The summed E-state index contributed by atoms with van der Waals surface area (Å²) in [6.07, 6.45) is 0. The van der Waals surface area contributed by atoms with E-state index in [0.29, 0.717) is 9.50 Å². The van der Waals surface area contributed by atoms with E-state index in [1.807, 2.05) is 6.92 Å². The Balaban J connectivity index is 1.99. The fourth-order valence-corrected chi connectivity index (χ4v) is 4.13. The summed E-state index contributed by atoms with van der Waals surface area (Å²) in [6.45, 7) is 1.87. The number of hydrogen-bond donors (Lipinski definition) is 2. The summed E-state index contributed by atoms with van der Waals surface area (Å²) < 4.78 is 27.0. The third-order valence-electron chi connectivity index (χ3n) is 3.65. The minimum absolute atomic E-state index is 0.124. The van der Waals surface area contributed by atoms with Gasteiger partial charge in [0, 0.05) is 7.05 Å². The van der Waals surface area contributed by atoms with E-state index >= 15 is 0 Å². The maximum absolute atomic E-state index is 12.3. The first-order valence-electron chi connectivity index (χ1n) is 7.23. The highest BCUT2D eigenvalue weighted by molar-refractivity contribution is 7.89. The maximum Gasteiger partial charge on any atom is 0.335 e. The summed E-state index contributed by atoms with van der Waals surface area (Å²) in [6, 6.07) is 11.1. The summed E-state index contributed by atoms with van der Waals surface area (Å²) in [5, 5.41) is 13.0. The molecular formula is C16H15N3O4S2. The van der Waals surface area contributed by atoms with E-state index in [0.717, 1.165) is 11.1 Å². The second-order valence-corrected chi connectivity index (χ2v) is 8.12. The molecule has 2 N–H and O–H groups in total. The number of aromatic carboxylic acids is 1. The normalized spacial score (nSPS) is 12.5. The Hall–Kier alpha value is -2.65. The Morgan fingerprint density at radius 2 is 1.88 bits per heavy atom. The zero-order valence-corrected chi connectivity index (χ0v) is 15.1. The van der Waals surface area contributed by atoms with Crippen molar-refractivity contribution in [2.45, 2.75) is 11.8 Å². The molecule has 1 aromatic heterocycles. The van der Waals surface area contributed by atoms with Crippen molar-refractivity contribution >= 4 is 37.5 Å².